The summed E-state index contributed by atoms with van der Waals surface area (Å²) in [5, 5.41) is 0. The van der Waals surface area contributed by atoms with Gasteiger partial charge in [0.1, 0.15) is 6.04 Å². The zero-order chi connectivity index (χ0) is 14.4. The molecule has 2 aliphatic rings. The summed E-state index contributed by atoms with van der Waals surface area (Å²) < 4.78 is 1.22. The van der Waals surface area contributed by atoms with Crippen molar-refractivity contribution in [2.45, 2.75) is 32.2 Å². The van der Waals surface area contributed by atoms with Crippen LogP contribution in [0.4, 0.5) is 0 Å². The Hall–Kier alpha value is -0.870. The molecule has 4 rings (SSSR count). The van der Waals surface area contributed by atoms with Crippen molar-refractivity contribution in [3.8, 4) is 11.1 Å². The van der Waals surface area contributed by atoms with Crippen LogP contribution in [0.25, 0.3) is 11.1 Å². The van der Waals surface area contributed by atoms with Crippen LogP contribution in [-0.2, 0) is 12.8 Å². The van der Waals surface area contributed by atoms with Gasteiger partial charge >= 0.3 is 0 Å². The Bertz CT molecular complexity index is 694. The van der Waals surface area contributed by atoms with Gasteiger partial charge in [0.15, 0.2) is 0 Å². The number of nitrogens with zero attached hydrogens (tertiary/aromatic N) is 1. The number of quaternary nitrogens is 1. The van der Waals surface area contributed by atoms with Crippen LogP contribution in [-0.4, -0.2) is 24.6 Å². The zero-order valence-corrected chi connectivity index (χ0v) is 15.6. The topological polar surface area (TPSA) is 0 Å². The molecule has 1 heterocycles. The van der Waals surface area contributed by atoms with E-state index in [2.05, 4.69) is 56.4 Å². The van der Waals surface area contributed by atoms with Gasteiger partial charge in [0.05, 0.1) is 20.1 Å². The minimum absolute atomic E-state index is 0. The smallest absolute Gasteiger partial charge is 0.119 e. The first-order chi connectivity index (χ1) is 10.2. The monoisotopic (exact) mass is 405 g/mol. The lowest BCUT2D eigenvalue weighted by atomic mass is 9.76. The molecule has 1 nitrogen and oxygen atoms in total. The molecule has 0 saturated carbocycles. The molecule has 1 aliphatic carbocycles. The van der Waals surface area contributed by atoms with Crippen molar-refractivity contribution < 1.29 is 28.5 Å². The molecular formula is C20H24IN. The van der Waals surface area contributed by atoms with E-state index in [1.54, 1.807) is 11.1 Å². The molecule has 0 N–H and O–H groups in total. The molecule has 2 atom stereocenters. The first-order valence-corrected chi connectivity index (χ1v) is 8.27. The van der Waals surface area contributed by atoms with Gasteiger partial charge in [-0.05, 0) is 28.7 Å². The molecule has 2 aromatic rings. The van der Waals surface area contributed by atoms with Gasteiger partial charge < -0.3 is 28.5 Å². The minimum Gasteiger partial charge on any atom is -1.00 e. The molecule has 0 saturated heterocycles. The van der Waals surface area contributed by atoms with Gasteiger partial charge in [0, 0.05) is 18.4 Å². The maximum atomic E-state index is 2.47. The van der Waals surface area contributed by atoms with E-state index in [0.717, 1.165) is 0 Å². The maximum Gasteiger partial charge on any atom is 0.119 e. The standard InChI is InChI=1S/C20H24N.HI/c1-3-12-21(2)13-11-15-8-6-10-18-17-9-5-4-7-16(17)14-19(21)20(15)18;/h4-10,19H,3,11-14H2,1-2H3;1H/q+1;/p-1/t19-,21?;/m1./s1. The van der Waals surface area contributed by atoms with Gasteiger partial charge in [-0.1, -0.05) is 49.4 Å². The Kier molecular flexibility index (Phi) is 4.34. The van der Waals surface area contributed by atoms with Crippen molar-refractivity contribution in [3.63, 3.8) is 0 Å². The number of benzene rings is 2. The van der Waals surface area contributed by atoms with Gasteiger partial charge in [-0.15, -0.1) is 0 Å². The molecule has 1 unspecified atom stereocenters. The van der Waals surface area contributed by atoms with E-state index >= 15 is 0 Å². The predicted octanol–water partition coefficient (Wildman–Crippen LogP) is 1.37. The Morgan fingerprint density at radius 2 is 1.73 bits per heavy atom. The lowest BCUT2D eigenvalue weighted by Crippen LogP contribution is -3.00. The number of likely N-dealkylation sites (N-methyl/N-ethyl adjacent to an activating group) is 1. The van der Waals surface area contributed by atoms with Gasteiger partial charge in [-0.2, -0.15) is 0 Å². The minimum atomic E-state index is 0. The highest BCUT2D eigenvalue weighted by molar-refractivity contribution is 5.75. The van der Waals surface area contributed by atoms with E-state index in [4.69, 9.17) is 0 Å². The molecule has 2 aromatic carbocycles. The van der Waals surface area contributed by atoms with Crippen molar-refractivity contribution >= 4 is 0 Å². The van der Waals surface area contributed by atoms with E-state index in [1.807, 2.05) is 0 Å². The van der Waals surface area contributed by atoms with E-state index in [-0.39, 0.29) is 24.0 Å². The highest BCUT2D eigenvalue weighted by Gasteiger charge is 2.42. The molecule has 2 heteroatoms. The number of halogens is 1. The van der Waals surface area contributed by atoms with Crippen molar-refractivity contribution in [2.75, 3.05) is 20.1 Å². The fourth-order valence-electron chi connectivity index (χ4n) is 4.57. The largest absolute Gasteiger partial charge is 1.00 e. The number of rotatable bonds is 2. The summed E-state index contributed by atoms with van der Waals surface area (Å²) in [6.45, 7) is 4.90. The van der Waals surface area contributed by atoms with E-state index < -0.39 is 0 Å². The summed E-state index contributed by atoms with van der Waals surface area (Å²) >= 11 is 0. The molecule has 116 valence electrons. The third-order valence-electron chi connectivity index (χ3n) is 5.63. The average Bonchev–Trinajstić information content (AvgIpc) is 2.51. The van der Waals surface area contributed by atoms with Crippen molar-refractivity contribution in [1.82, 2.24) is 0 Å². The Morgan fingerprint density at radius 1 is 1.00 bits per heavy atom. The molecule has 0 amide bonds. The number of hydrogen-bond donors (Lipinski definition) is 0. The quantitative estimate of drug-likeness (QED) is 0.523. The summed E-state index contributed by atoms with van der Waals surface area (Å²) in [5.74, 6) is 0. The summed E-state index contributed by atoms with van der Waals surface area (Å²) in [5.41, 5.74) is 7.75. The maximum absolute atomic E-state index is 2.47. The van der Waals surface area contributed by atoms with Crippen LogP contribution in [0.15, 0.2) is 42.5 Å². The third kappa shape index (κ3) is 2.31. The van der Waals surface area contributed by atoms with Gasteiger partial charge in [0.2, 0.25) is 0 Å². The Morgan fingerprint density at radius 3 is 2.55 bits per heavy atom. The molecule has 0 fully saturated rings. The third-order valence-corrected chi connectivity index (χ3v) is 5.63. The fourth-order valence-corrected chi connectivity index (χ4v) is 4.57. The van der Waals surface area contributed by atoms with Gasteiger partial charge in [0.25, 0.3) is 0 Å². The second kappa shape index (κ2) is 5.97. The van der Waals surface area contributed by atoms with Crippen LogP contribution in [0.5, 0.6) is 0 Å². The van der Waals surface area contributed by atoms with Crippen LogP contribution < -0.4 is 24.0 Å². The van der Waals surface area contributed by atoms with Gasteiger partial charge in [-0.25, -0.2) is 0 Å². The van der Waals surface area contributed by atoms with Crippen LogP contribution in [0.2, 0.25) is 0 Å². The normalized spacial score (nSPS) is 24.9. The summed E-state index contributed by atoms with van der Waals surface area (Å²) in [6.07, 6.45) is 3.71. The second-order valence-corrected chi connectivity index (χ2v) is 6.93. The lowest BCUT2D eigenvalue weighted by Gasteiger charge is -2.48. The highest BCUT2D eigenvalue weighted by Crippen LogP contribution is 2.47. The van der Waals surface area contributed by atoms with Crippen LogP contribution in [0.3, 0.4) is 0 Å². The summed E-state index contributed by atoms with van der Waals surface area (Å²) in [6, 6.07) is 16.6. The Labute approximate surface area is 151 Å². The summed E-state index contributed by atoms with van der Waals surface area (Å²) in [4.78, 5) is 0. The molecule has 0 spiro atoms. The number of hydrogen-bond acceptors (Lipinski definition) is 0. The van der Waals surface area contributed by atoms with Crippen LogP contribution in [0.1, 0.15) is 36.1 Å². The molecular weight excluding hydrogens is 381 g/mol. The fraction of sp³-hybridized carbons (Fsp3) is 0.400. The lowest BCUT2D eigenvalue weighted by molar-refractivity contribution is -0.941. The summed E-state index contributed by atoms with van der Waals surface area (Å²) in [7, 11) is 2.47. The van der Waals surface area contributed by atoms with E-state index in [9.17, 15) is 0 Å². The first kappa shape index (κ1) is 16.0. The van der Waals surface area contributed by atoms with Gasteiger partial charge in [-0.3, -0.25) is 0 Å². The molecule has 0 radical (unpaired) electrons. The van der Waals surface area contributed by atoms with Crippen LogP contribution >= 0.6 is 0 Å². The SMILES string of the molecule is CCC[N+]1(C)CCc2cccc3c2[C@H]1Cc1ccccc1-3.[I-]. The van der Waals surface area contributed by atoms with E-state index in [0.29, 0.717) is 6.04 Å². The molecule has 0 aromatic heterocycles. The van der Waals surface area contributed by atoms with E-state index in [1.165, 1.54) is 53.5 Å². The molecule has 22 heavy (non-hydrogen) atoms. The highest BCUT2D eigenvalue weighted by atomic mass is 127. The van der Waals surface area contributed by atoms with Crippen molar-refractivity contribution in [3.05, 3.63) is 59.2 Å². The second-order valence-electron chi connectivity index (χ2n) is 6.93. The zero-order valence-electron chi connectivity index (χ0n) is 13.5. The molecule has 1 aliphatic heterocycles. The number of fused-ring (bicyclic) bond motifs is 2. The Balaban J connectivity index is 0.00000144. The average molecular weight is 405 g/mol. The van der Waals surface area contributed by atoms with Crippen LogP contribution in [0, 0.1) is 0 Å². The predicted molar refractivity (Wildman–Crippen MR) is 88.2 cm³/mol. The first-order valence-electron chi connectivity index (χ1n) is 8.27. The van der Waals surface area contributed by atoms with Crippen molar-refractivity contribution in [1.29, 1.82) is 0 Å². The molecule has 0 bridgehead atoms. The van der Waals surface area contributed by atoms with Crippen molar-refractivity contribution in [2.24, 2.45) is 0 Å².